The molecule has 0 amide bonds. The van der Waals surface area contributed by atoms with E-state index in [1.54, 1.807) is 30.3 Å². The SMILES string of the molecule is COc1cc(CCNC(=S)Nc2ccccc2F)ccc1OC(F)F. The summed E-state index contributed by atoms with van der Waals surface area (Å²) in [6.07, 6.45) is 0.560. The first-order valence-corrected chi connectivity index (χ1v) is 7.81. The predicted octanol–water partition coefficient (Wildman–Crippen LogP) is 3.96. The Morgan fingerprint density at radius 2 is 1.92 bits per heavy atom. The number of nitrogens with one attached hydrogen (secondary N) is 2. The molecule has 0 saturated heterocycles. The molecule has 8 heteroatoms. The van der Waals surface area contributed by atoms with Gasteiger partial charge in [0.05, 0.1) is 12.8 Å². The lowest BCUT2D eigenvalue weighted by molar-refractivity contribution is -0.0512. The molecule has 0 fully saturated rings. The number of methoxy groups -OCH3 is 1. The zero-order valence-corrected chi connectivity index (χ0v) is 14.2. The van der Waals surface area contributed by atoms with Gasteiger partial charge in [-0.15, -0.1) is 0 Å². The summed E-state index contributed by atoms with van der Waals surface area (Å²) in [6.45, 7) is -2.44. The molecule has 0 heterocycles. The molecule has 0 aliphatic carbocycles. The van der Waals surface area contributed by atoms with Crippen molar-refractivity contribution in [3.05, 3.63) is 53.8 Å². The van der Waals surface area contributed by atoms with Crippen molar-refractivity contribution < 1.29 is 22.6 Å². The van der Waals surface area contributed by atoms with Crippen LogP contribution in [0.3, 0.4) is 0 Å². The molecule has 0 unspecified atom stereocenters. The summed E-state index contributed by atoms with van der Waals surface area (Å²) in [5, 5.41) is 6.01. The molecule has 0 aliphatic heterocycles. The van der Waals surface area contributed by atoms with Crippen molar-refractivity contribution >= 4 is 23.0 Å². The average molecular weight is 370 g/mol. The van der Waals surface area contributed by atoms with Gasteiger partial charge in [0, 0.05) is 6.54 Å². The summed E-state index contributed by atoms with van der Waals surface area (Å²) in [7, 11) is 1.38. The number of ether oxygens (including phenoxy) is 2. The summed E-state index contributed by atoms with van der Waals surface area (Å²) >= 11 is 5.11. The Labute approximate surface area is 148 Å². The Hall–Kier alpha value is -2.48. The standard InChI is InChI=1S/C17H17F3N2O2S/c1-23-15-10-11(6-7-14(15)24-16(19)20)8-9-21-17(25)22-13-5-3-2-4-12(13)18/h2-7,10,16H,8-9H2,1H3,(H2,21,22,25). The fourth-order valence-electron chi connectivity index (χ4n) is 2.11. The maximum atomic E-state index is 13.5. The van der Waals surface area contributed by atoms with Gasteiger partial charge >= 0.3 is 6.61 Å². The van der Waals surface area contributed by atoms with E-state index >= 15 is 0 Å². The van der Waals surface area contributed by atoms with Crippen molar-refractivity contribution in [1.82, 2.24) is 5.32 Å². The number of hydrogen-bond acceptors (Lipinski definition) is 3. The summed E-state index contributed by atoms with van der Waals surface area (Å²) in [6, 6.07) is 10.9. The van der Waals surface area contributed by atoms with Crippen LogP contribution in [0.5, 0.6) is 11.5 Å². The number of benzene rings is 2. The lowest BCUT2D eigenvalue weighted by Gasteiger charge is -2.13. The summed E-state index contributed by atoms with van der Waals surface area (Å²) in [4.78, 5) is 0. The van der Waals surface area contributed by atoms with E-state index in [1.165, 1.54) is 19.2 Å². The minimum atomic E-state index is -2.91. The van der Waals surface area contributed by atoms with Crippen LogP contribution >= 0.6 is 12.2 Å². The minimum absolute atomic E-state index is 0.0223. The van der Waals surface area contributed by atoms with Crippen molar-refractivity contribution in [1.29, 1.82) is 0 Å². The maximum Gasteiger partial charge on any atom is 0.387 e. The fraction of sp³-hybridized carbons (Fsp3) is 0.235. The van der Waals surface area contributed by atoms with E-state index in [0.717, 1.165) is 5.56 Å². The van der Waals surface area contributed by atoms with E-state index < -0.39 is 12.4 Å². The first-order valence-electron chi connectivity index (χ1n) is 7.40. The van der Waals surface area contributed by atoms with Crippen molar-refractivity contribution in [2.75, 3.05) is 19.0 Å². The molecule has 0 bridgehead atoms. The molecule has 0 saturated carbocycles. The molecule has 2 rings (SSSR count). The smallest absolute Gasteiger partial charge is 0.387 e. The van der Waals surface area contributed by atoms with Crippen LogP contribution in [0.2, 0.25) is 0 Å². The largest absolute Gasteiger partial charge is 0.493 e. The molecule has 2 N–H and O–H groups in total. The highest BCUT2D eigenvalue weighted by Gasteiger charge is 2.11. The highest BCUT2D eigenvalue weighted by Crippen LogP contribution is 2.29. The first-order chi connectivity index (χ1) is 12.0. The number of para-hydroxylation sites is 1. The van der Waals surface area contributed by atoms with Crippen LogP contribution in [0.25, 0.3) is 0 Å². The second kappa shape index (κ2) is 9.12. The molecular weight excluding hydrogens is 353 g/mol. The molecule has 0 aromatic heterocycles. The topological polar surface area (TPSA) is 42.5 Å². The Balaban J connectivity index is 1.87. The van der Waals surface area contributed by atoms with Crippen LogP contribution in [0.1, 0.15) is 5.56 Å². The Kier molecular flexibility index (Phi) is 6.88. The van der Waals surface area contributed by atoms with E-state index in [9.17, 15) is 13.2 Å². The van der Waals surface area contributed by atoms with Gasteiger partial charge in [-0.25, -0.2) is 4.39 Å². The summed E-state index contributed by atoms with van der Waals surface area (Å²) in [5.41, 5.74) is 1.13. The normalized spacial score (nSPS) is 10.4. The van der Waals surface area contributed by atoms with Gasteiger partial charge in [-0.1, -0.05) is 18.2 Å². The van der Waals surface area contributed by atoms with Gasteiger partial charge in [0.25, 0.3) is 0 Å². The summed E-state index contributed by atoms with van der Waals surface area (Å²) < 4.78 is 47.5. The highest BCUT2D eigenvalue weighted by atomic mass is 32.1. The van der Waals surface area contributed by atoms with Gasteiger partial charge in [0.1, 0.15) is 5.82 Å². The van der Waals surface area contributed by atoms with Gasteiger partial charge in [0.2, 0.25) is 0 Å². The predicted molar refractivity (Wildman–Crippen MR) is 94.0 cm³/mol. The van der Waals surface area contributed by atoms with Crippen LogP contribution in [0, 0.1) is 5.82 Å². The Bertz CT molecular complexity index is 729. The number of thiocarbonyl (C=S) groups is 1. The third-order valence-electron chi connectivity index (χ3n) is 3.27. The quantitative estimate of drug-likeness (QED) is 0.722. The van der Waals surface area contributed by atoms with Gasteiger partial charge in [-0.3, -0.25) is 0 Å². The van der Waals surface area contributed by atoms with Gasteiger partial charge in [-0.2, -0.15) is 8.78 Å². The van der Waals surface area contributed by atoms with Crippen molar-refractivity contribution in [2.24, 2.45) is 0 Å². The Morgan fingerprint density at radius 3 is 2.60 bits per heavy atom. The lowest BCUT2D eigenvalue weighted by Crippen LogP contribution is -2.30. The molecule has 2 aromatic carbocycles. The van der Waals surface area contributed by atoms with Gasteiger partial charge < -0.3 is 20.1 Å². The maximum absolute atomic E-state index is 13.5. The number of hydrogen-bond donors (Lipinski definition) is 2. The third-order valence-corrected chi connectivity index (χ3v) is 3.51. The lowest BCUT2D eigenvalue weighted by atomic mass is 10.1. The number of rotatable bonds is 7. The van der Waals surface area contributed by atoms with Crippen molar-refractivity contribution in [2.45, 2.75) is 13.0 Å². The molecule has 4 nitrogen and oxygen atoms in total. The minimum Gasteiger partial charge on any atom is -0.493 e. The number of anilines is 1. The van der Waals surface area contributed by atoms with Crippen LogP contribution in [0.4, 0.5) is 18.9 Å². The van der Waals surface area contributed by atoms with Crippen LogP contribution < -0.4 is 20.1 Å². The number of halogens is 3. The van der Waals surface area contributed by atoms with Crippen molar-refractivity contribution in [3.63, 3.8) is 0 Å². The molecular formula is C17H17F3N2O2S. The fourth-order valence-corrected chi connectivity index (χ4v) is 2.32. The van der Waals surface area contributed by atoms with E-state index in [1.807, 2.05) is 0 Å². The second-order valence-corrected chi connectivity index (χ2v) is 5.38. The number of alkyl halides is 2. The Morgan fingerprint density at radius 1 is 1.16 bits per heavy atom. The average Bonchev–Trinajstić information content (AvgIpc) is 2.57. The van der Waals surface area contributed by atoms with Gasteiger partial charge in [0.15, 0.2) is 16.6 Å². The molecule has 0 aliphatic rings. The first kappa shape index (κ1) is 18.9. The van der Waals surface area contributed by atoms with E-state index in [2.05, 4.69) is 15.4 Å². The zero-order valence-electron chi connectivity index (χ0n) is 13.4. The van der Waals surface area contributed by atoms with Crippen LogP contribution in [0.15, 0.2) is 42.5 Å². The molecule has 0 spiro atoms. The van der Waals surface area contributed by atoms with Crippen molar-refractivity contribution in [3.8, 4) is 11.5 Å². The molecule has 0 atom stereocenters. The van der Waals surface area contributed by atoms with E-state index in [-0.39, 0.29) is 22.3 Å². The third kappa shape index (κ3) is 5.82. The molecule has 25 heavy (non-hydrogen) atoms. The summed E-state index contributed by atoms with van der Waals surface area (Å²) in [5.74, 6) is -0.193. The van der Waals surface area contributed by atoms with Gasteiger partial charge in [-0.05, 0) is 48.5 Å². The zero-order chi connectivity index (χ0) is 18.2. The van der Waals surface area contributed by atoms with E-state index in [0.29, 0.717) is 13.0 Å². The molecule has 2 aromatic rings. The van der Waals surface area contributed by atoms with E-state index in [4.69, 9.17) is 17.0 Å². The van der Waals surface area contributed by atoms with Crippen LogP contribution in [-0.4, -0.2) is 25.4 Å². The van der Waals surface area contributed by atoms with Crippen LogP contribution in [-0.2, 0) is 6.42 Å². The monoisotopic (exact) mass is 370 g/mol. The second-order valence-electron chi connectivity index (χ2n) is 4.97. The molecule has 0 radical (unpaired) electrons. The molecule has 134 valence electrons. The highest BCUT2D eigenvalue weighted by molar-refractivity contribution is 7.80.